The summed E-state index contributed by atoms with van der Waals surface area (Å²) < 4.78 is 4.37. The zero-order valence-corrected chi connectivity index (χ0v) is 17.4. The van der Waals surface area contributed by atoms with Crippen molar-refractivity contribution < 1.29 is 0 Å². The molecule has 0 amide bonds. The van der Waals surface area contributed by atoms with Crippen molar-refractivity contribution in [3.63, 3.8) is 0 Å². The van der Waals surface area contributed by atoms with Gasteiger partial charge in [0.25, 0.3) is 5.56 Å². The Kier molecular flexibility index (Phi) is 5.19. The van der Waals surface area contributed by atoms with Gasteiger partial charge in [-0.05, 0) is 38.0 Å². The maximum atomic E-state index is 13.2. The van der Waals surface area contributed by atoms with Crippen molar-refractivity contribution in [3.8, 4) is 17.1 Å². The highest BCUT2D eigenvalue weighted by molar-refractivity contribution is 9.10. The lowest BCUT2D eigenvalue weighted by atomic mass is 9.95. The molecule has 140 valence electrons. The summed E-state index contributed by atoms with van der Waals surface area (Å²) in [5, 5.41) is 4.85. The van der Waals surface area contributed by atoms with Crippen LogP contribution in [0.15, 0.2) is 45.8 Å². The molecule has 0 spiro atoms. The summed E-state index contributed by atoms with van der Waals surface area (Å²) in [4.78, 5) is 17.6. The Balaban J connectivity index is 1.86. The average molecular weight is 448 g/mol. The van der Waals surface area contributed by atoms with Crippen molar-refractivity contribution in [2.75, 3.05) is 0 Å². The molecule has 2 aromatic heterocycles. The molecule has 1 aliphatic rings. The van der Waals surface area contributed by atoms with E-state index in [-0.39, 0.29) is 17.4 Å². The summed E-state index contributed by atoms with van der Waals surface area (Å²) in [6, 6.07) is 10.0. The SMILES string of the molecule is Cc1cc(-c2ccc(Br)cc2)n(-c2nc(Cl)cn(C3CCCCC3)c2=O)n1. The van der Waals surface area contributed by atoms with E-state index in [4.69, 9.17) is 11.6 Å². The maximum absolute atomic E-state index is 13.2. The highest BCUT2D eigenvalue weighted by Gasteiger charge is 2.21. The van der Waals surface area contributed by atoms with E-state index in [1.165, 1.54) is 6.42 Å². The van der Waals surface area contributed by atoms with E-state index in [2.05, 4.69) is 26.0 Å². The first-order valence-electron chi connectivity index (χ1n) is 9.14. The van der Waals surface area contributed by atoms with Crippen LogP contribution >= 0.6 is 27.5 Å². The molecular weight excluding hydrogens is 428 g/mol. The van der Waals surface area contributed by atoms with Crippen molar-refractivity contribution in [1.82, 2.24) is 19.3 Å². The average Bonchev–Trinajstić information content (AvgIpc) is 3.06. The lowest BCUT2D eigenvalue weighted by molar-refractivity contribution is 0.344. The quantitative estimate of drug-likeness (QED) is 0.545. The molecule has 4 rings (SSSR count). The molecular formula is C20H20BrClN4O. The molecule has 7 heteroatoms. The van der Waals surface area contributed by atoms with Gasteiger partial charge in [0.2, 0.25) is 5.82 Å². The van der Waals surface area contributed by atoms with E-state index < -0.39 is 0 Å². The van der Waals surface area contributed by atoms with Crippen molar-refractivity contribution in [2.45, 2.75) is 45.1 Å². The highest BCUT2D eigenvalue weighted by atomic mass is 79.9. The van der Waals surface area contributed by atoms with Crippen LogP contribution in [0, 0.1) is 6.92 Å². The third kappa shape index (κ3) is 3.73. The van der Waals surface area contributed by atoms with E-state index in [0.717, 1.165) is 47.1 Å². The summed E-state index contributed by atoms with van der Waals surface area (Å²) in [7, 11) is 0. The fourth-order valence-corrected chi connectivity index (χ4v) is 4.17. The van der Waals surface area contributed by atoms with E-state index in [1.807, 2.05) is 37.3 Å². The first-order chi connectivity index (χ1) is 13.0. The fraction of sp³-hybridized carbons (Fsp3) is 0.350. The number of rotatable bonds is 3. The maximum Gasteiger partial charge on any atom is 0.296 e. The molecule has 1 aromatic carbocycles. The molecule has 0 aliphatic heterocycles. The molecule has 1 aliphatic carbocycles. The number of benzene rings is 1. The van der Waals surface area contributed by atoms with Crippen molar-refractivity contribution in [3.05, 3.63) is 62.2 Å². The zero-order valence-electron chi connectivity index (χ0n) is 15.0. The normalized spacial score (nSPS) is 15.2. The molecule has 0 bridgehead atoms. The highest BCUT2D eigenvalue weighted by Crippen LogP contribution is 2.28. The lowest BCUT2D eigenvalue weighted by Gasteiger charge is -2.24. The Labute approximate surface area is 171 Å². The molecule has 0 unspecified atom stereocenters. The molecule has 1 saturated carbocycles. The molecule has 1 fully saturated rings. The van der Waals surface area contributed by atoms with E-state index in [1.54, 1.807) is 15.4 Å². The van der Waals surface area contributed by atoms with Crippen LogP contribution in [0.1, 0.15) is 43.8 Å². The third-order valence-electron chi connectivity index (χ3n) is 5.02. The van der Waals surface area contributed by atoms with E-state index in [9.17, 15) is 4.79 Å². The number of aromatic nitrogens is 4. The first-order valence-corrected chi connectivity index (χ1v) is 10.3. The van der Waals surface area contributed by atoms with Gasteiger partial charge in [-0.25, -0.2) is 9.67 Å². The first kappa shape index (κ1) is 18.4. The molecule has 0 saturated heterocycles. The van der Waals surface area contributed by atoms with Gasteiger partial charge < -0.3 is 4.57 Å². The Morgan fingerprint density at radius 1 is 1.15 bits per heavy atom. The fourth-order valence-electron chi connectivity index (χ4n) is 3.72. The molecule has 5 nitrogen and oxygen atoms in total. The predicted molar refractivity (Wildman–Crippen MR) is 111 cm³/mol. The van der Waals surface area contributed by atoms with Crippen LogP contribution in [0.5, 0.6) is 0 Å². The van der Waals surface area contributed by atoms with Crippen LogP contribution in [-0.2, 0) is 0 Å². The largest absolute Gasteiger partial charge is 0.306 e. The van der Waals surface area contributed by atoms with Crippen molar-refractivity contribution in [1.29, 1.82) is 0 Å². The summed E-state index contributed by atoms with van der Waals surface area (Å²) in [5.41, 5.74) is 2.46. The minimum absolute atomic E-state index is 0.146. The second-order valence-corrected chi connectivity index (χ2v) is 8.28. The second-order valence-electron chi connectivity index (χ2n) is 6.98. The molecule has 0 radical (unpaired) electrons. The van der Waals surface area contributed by atoms with Crippen LogP contribution in [-0.4, -0.2) is 19.3 Å². The second kappa shape index (κ2) is 7.60. The van der Waals surface area contributed by atoms with Gasteiger partial charge in [0.05, 0.1) is 11.4 Å². The van der Waals surface area contributed by atoms with Gasteiger partial charge in [0, 0.05) is 22.3 Å². The zero-order chi connectivity index (χ0) is 19.0. The van der Waals surface area contributed by atoms with Crippen molar-refractivity contribution in [2.24, 2.45) is 0 Å². The minimum atomic E-state index is -0.146. The summed E-state index contributed by atoms with van der Waals surface area (Å²) >= 11 is 9.75. The van der Waals surface area contributed by atoms with Gasteiger partial charge in [-0.3, -0.25) is 4.79 Å². The third-order valence-corrected chi connectivity index (χ3v) is 5.74. The number of hydrogen-bond acceptors (Lipinski definition) is 3. The predicted octanol–water partition coefficient (Wildman–Crippen LogP) is 5.33. The van der Waals surface area contributed by atoms with E-state index in [0.29, 0.717) is 5.15 Å². The van der Waals surface area contributed by atoms with Crippen LogP contribution < -0.4 is 5.56 Å². The Hall–Kier alpha value is -1.92. The summed E-state index contributed by atoms with van der Waals surface area (Å²) in [5.74, 6) is 0.249. The smallest absolute Gasteiger partial charge is 0.296 e. The molecule has 0 N–H and O–H groups in total. The van der Waals surface area contributed by atoms with Gasteiger partial charge >= 0.3 is 0 Å². The molecule has 27 heavy (non-hydrogen) atoms. The Morgan fingerprint density at radius 2 is 1.85 bits per heavy atom. The van der Waals surface area contributed by atoms with Crippen LogP contribution in [0.2, 0.25) is 5.15 Å². The van der Waals surface area contributed by atoms with Gasteiger partial charge in [-0.1, -0.05) is 58.9 Å². The summed E-state index contributed by atoms with van der Waals surface area (Å²) in [6.45, 7) is 1.91. The van der Waals surface area contributed by atoms with Crippen molar-refractivity contribution >= 4 is 27.5 Å². The van der Waals surface area contributed by atoms with Gasteiger partial charge in [-0.15, -0.1) is 0 Å². The summed E-state index contributed by atoms with van der Waals surface area (Å²) in [6.07, 6.45) is 7.16. The lowest BCUT2D eigenvalue weighted by Crippen LogP contribution is -2.30. The number of aryl methyl sites for hydroxylation is 1. The Bertz CT molecular complexity index is 1020. The minimum Gasteiger partial charge on any atom is -0.306 e. The number of nitrogens with zero attached hydrogens (tertiary/aromatic N) is 4. The molecule has 2 heterocycles. The number of halogens is 2. The van der Waals surface area contributed by atoms with E-state index >= 15 is 0 Å². The van der Waals surface area contributed by atoms with Gasteiger partial charge in [-0.2, -0.15) is 5.10 Å². The topological polar surface area (TPSA) is 52.7 Å². The Morgan fingerprint density at radius 3 is 2.56 bits per heavy atom. The van der Waals surface area contributed by atoms with Crippen LogP contribution in [0.4, 0.5) is 0 Å². The van der Waals surface area contributed by atoms with Crippen LogP contribution in [0.3, 0.4) is 0 Å². The number of hydrogen-bond donors (Lipinski definition) is 0. The molecule has 3 aromatic rings. The van der Waals surface area contributed by atoms with Gasteiger partial charge in [0.15, 0.2) is 0 Å². The molecule has 0 atom stereocenters. The van der Waals surface area contributed by atoms with Gasteiger partial charge in [0.1, 0.15) is 5.15 Å². The standard InChI is InChI=1S/C20H20BrClN4O/c1-13-11-17(14-7-9-15(21)10-8-14)26(24-13)19-20(27)25(12-18(22)23-19)16-5-3-2-4-6-16/h7-12,16H,2-6H2,1H3. The monoisotopic (exact) mass is 446 g/mol. The van der Waals surface area contributed by atoms with Crippen LogP contribution in [0.25, 0.3) is 17.1 Å².